The van der Waals surface area contributed by atoms with Crippen LogP contribution < -0.4 is 5.56 Å². The summed E-state index contributed by atoms with van der Waals surface area (Å²) in [5.41, 5.74) is -0.800. The third kappa shape index (κ3) is 1.70. The minimum Gasteiger partial charge on any atom is -0.463 e. The lowest BCUT2D eigenvalue weighted by molar-refractivity contribution is 0.0586. The first-order valence-corrected chi connectivity index (χ1v) is 3.26. The highest BCUT2D eigenvalue weighted by molar-refractivity contribution is 5.84. The van der Waals surface area contributed by atoms with Crippen LogP contribution in [0.3, 0.4) is 0 Å². The van der Waals surface area contributed by atoms with Crippen LogP contribution in [0, 0.1) is 11.3 Å². The van der Waals surface area contributed by atoms with E-state index in [-0.39, 0.29) is 11.4 Å². The molecule has 0 atom stereocenters. The predicted octanol–water partition coefficient (Wildman–Crippen LogP) is -0.572. The van der Waals surface area contributed by atoms with Gasteiger partial charge in [0.25, 0.3) is 5.56 Å². The standard InChI is InChI=1S/C7H5N3O3/c1-13-7(12)5-9-3-4(2-8)6(11)10-5/h3H,1H3,(H,9,10,11). The summed E-state index contributed by atoms with van der Waals surface area (Å²) in [5.74, 6) is -0.965. The monoisotopic (exact) mass is 179 g/mol. The molecule has 66 valence electrons. The number of aromatic nitrogens is 2. The van der Waals surface area contributed by atoms with Gasteiger partial charge in [-0.2, -0.15) is 5.26 Å². The zero-order valence-electron chi connectivity index (χ0n) is 6.70. The van der Waals surface area contributed by atoms with Gasteiger partial charge < -0.3 is 4.74 Å². The van der Waals surface area contributed by atoms with Gasteiger partial charge in [-0.25, -0.2) is 9.78 Å². The molecule has 0 fully saturated rings. The first kappa shape index (κ1) is 8.93. The number of carbonyl (C=O) groups is 1. The molecule has 1 aromatic heterocycles. The second-order valence-corrected chi connectivity index (χ2v) is 2.08. The van der Waals surface area contributed by atoms with Crippen molar-refractivity contribution in [2.24, 2.45) is 0 Å². The van der Waals surface area contributed by atoms with Crippen molar-refractivity contribution in [3.63, 3.8) is 0 Å². The Kier molecular flexibility index (Phi) is 2.40. The second kappa shape index (κ2) is 3.49. The quantitative estimate of drug-likeness (QED) is 0.582. The number of ether oxygens (including phenoxy) is 1. The molecule has 6 nitrogen and oxygen atoms in total. The Labute approximate surface area is 72.8 Å². The van der Waals surface area contributed by atoms with Crippen molar-refractivity contribution < 1.29 is 9.53 Å². The molecule has 0 amide bonds. The largest absolute Gasteiger partial charge is 0.463 e. The van der Waals surface area contributed by atoms with E-state index in [0.29, 0.717) is 0 Å². The highest BCUT2D eigenvalue weighted by Gasteiger charge is 2.09. The van der Waals surface area contributed by atoms with Crippen molar-refractivity contribution in [3.05, 3.63) is 27.9 Å². The summed E-state index contributed by atoms with van der Waals surface area (Å²) in [7, 11) is 1.17. The molecule has 0 aromatic carbocycles. The van der Waals surface area contributed by atoms with Crippen LogP contribution in [0.5, 0.6) is 0 Å². The van der Waals surface area contributed by atoms with Crippen LogP contribution in [-0.4, -0.2) is 23.0 Å². The fraction of sp³-hybridized carbons (Fsp3) is 0.143. The highest BCUT2D eigenvalue weighted by atomic mass is 16.5. The number of rotatable bonds is 1. The van der Waals surface area contributed by atoms with Crippen LogP contribution in [-0.2, 0) is 4.74 Å². The van der Waals surface area contributed by atoms with Gasteiger partial charge in [0, 0.05) is 0 Å². The maximum atomic E-state index is 11.0. The van der Waals surface area contributed by atoms with Gasteiger partial charge in [0.2, 0.25) is 5.82 Å². The van der Waals surface area contributed by atoms with Crippen molar-refractivity contribution in [1.82, 2.24) is 9.97 Å². The van der Waals surface area contributed by atoms with Gasteiger partial charge in [0.1, 0.15) is 11.6 Å². The molecular weight excluding hydrogens is 174 g/mol. The molecular formula is C7H5N3O3. The Bertz CT molecular complexity index is 429. The third-order valence-corrected chi connectivity index (χ3v) is 1.30. The number of esters is 1. The number of hydrogen-bond donors (Lipinski definition) is 1. The zero-order chi connectivity index (χ0) is 9.84. The lowest BCUT2D eigenvalue weighted by Crippen LogP contribution is -2.18. The van der Waals surface area contributed by atoms with E-state index in [1.54, 1.807) is 6.07 Å². The van der Waals surface area contributed by atoms with E-state index in [4.69, 9.17) is 5.26 Å². The predicted molar refractivity (Wildman–Crippen MR) is 40.9 cm³/mol. The number of H-pyrrole nitrogens is 1. The summed E-state index contributed by atoms with van der Waals surface area (Å²) in [6.45, 7) is 0. The van der Waals surface area contributed by atoms with Gasteiger partial charge in [-0.15, -0.1) is 0 Å². The highest BCUT2D eigenvalue weighted by Crippen LogP contribution is 1.90. The van der Waals surface area contributed by atoms with Gasteiger partial charge in [0.15, 0.2) is 0 Å². The van der Waals surface area contributed by atoms with E-state index in [2.05, 4.69) is 14.7 Å². The summed E-state index contributed by atoms with van der Waals surface area (Å²) in [5, 5.41) is 8.38. The second-order valence-electron chi connectivity index (χ2n) is 2.08. The van der Waals surface area contributed by atoms with E-state index >= 15 is 0 Å². The summed E-state index contributed by atoms with van der Waals surface area (Å²) in [6, 6.07) is 1.62. The molecule has 0 saturated heterocycles. The molecule has 0 spiro atoms. The summed E-state index contributed by atoms with van der Waals surface area (Å²) < 4.78 is 4.31. The Balaban J connectivity index is 3.20. The Morgan fingerprint density at radius 1 is 1.77 bits per heavy atom. The molecule has 1 N–H and O–H groups in total. The molecule has 0 saturated carbocycles. The first-order chi connectivity index (χ1) is 6.19. The van der Waals surface area contributed by atoms with Crippen LogP contribution in [0.2, 0.25) is 0 Å². The van der Waals surface area contributed by atoms with E-state index in [1.807, 2.05) is 0 Å². The van der Waals surface area contributed by atoms with Crippen molar-refractivity contribution >= 4 is 5.97 Å². The van der Waals surface area contributed by atoms with E-state index < -0.39 is 11.5 Å². The van der Waals surface area contributed by atoms with Crippen molar-refractivity contribution in [1.29, 1.82) is 5.26 Å². The summed E-state index contributed by atoms with van der Waals surface area (Å²) in [4.78, 5) is 27.4. The Morgan fingerprint density at radius 3 is 2.92 bits per heavy atom. The Hall–Kier alpha value is -2.16. The normalized spacial score (nSPS) is 8.92. The number of nitrogens with zero attached hydrogens (tertiary/aromatic N) is 2. The lowest BCUT2D eigenvalue weighted by atomic mass is 10.4. The molecule has 0 aliphatic rings. The number of nitrogens with one attached hydrogen (secondary N) is 1. The maximum Gasteiger partial charge on any atom is 0.374 e. The van der Waals surface area contributed by atoms with E-state index in [0.717, 1.165) is 6.20 Å². The fourth-order valence-corrected chi connectivity index (χ4v) is 0.675. The Morgan fingerprint density at radius 2 is 2.46 bits per heavy atom. The van der Waals surface area contributed by atoms with Crippen LogP contribution in [0.15, 0.2) is 11.0 Å². The molecule has 1 heterocycles. The smallest absolute Gasteiger partial charge is 0.374 e. The molecule has 1 aromatic rings. The molecule has 0 radical (unpaired) electrons. The van der Waals surface area contributed by atoms with Gasteiger partial charge in [-0.3, -0.25) is 9.78 Å². The number of hydrogen-bond acceptors (Lipinski definition) is 5. The SMILES string of the molecule is COC(=O)c1ncc(C#N)c(=O)[nH]1. The van der Waals surface area contributed by atoms with Gasteiger partial charge >= 0.3 is 5.97 Å². The van der Waals surface area contributed by atoms with Crippen molar-refractivity contribution in [2.45, 2.75) is 0 Å². The first-order valence-electron chi connectivity index (χ1n) is 3.26. The van der Waals surface area contributed by atoms with Gasteiger partial charge in [-0.1, -0.05) is 0 Å². The molecule has 1 rings (SSSR count). The summed E-state index contributed by atoms with van der Waals surface area (Å²) >= 11 is 0. The molecule has 0 aliphatic heterocycles. The molecule has 13 heavy (non-hydrogen) atoms. The number of aromatic amines is 1. The molecule has 0 bridgehead atoms. The zero-order valence-corrected chi connectivity index (χ0v) is 6.70. The van der Waals surface area contributed by atoms with E-state index in [9.17, 15) is 9.59 Å². The molecule has 0 aliphatic carbocycles. The summed E-state index contributed by atoms with van der Waals surface area (Å²) in [6.07, 6.45) is 1.02. The van der Waals surface area contributed by atoms with Gasteiger partial charge in [0.05, 0.1) is 13.3 Å². The minimum atomic E-state index is -0.749. The average molecular weight is 179 g/mol. The van der Waals surface area contributed by atoms with Crippen LogP contribution in [0.25, 0.3) is 0 Å². The number of methoxy groups -OCH3 is 1. The molecule has 6 heteroatoms. The maximum absolute atomic E-state index is 11.0. The van der Waals surface area contributed by atoms with Crippen LogP contribution >= 0.6 is 0 Å². The lowest BCUT2D eigenvalue weighted by Gasteiger charge is -1.96. The fourth-order valence-electron chi connectivity index (χ4n) is 0.675. The third-order valence-electron chi connectivity index (χ3n) is 1.30. The van der Waals surface area contributed by atoms with Crippen LogP contribution in [0.1, 0.15) is 16.2 Å². The number of nitriles is 1. The minimum absolute atomic E-state index is 0.146. The van der Waals surface area contributed by atoms with Gasteiger partial charge in [-0.05, 0) is 0 Å². The average Bonchev–Trinajstić information content (AvgIpc) is 2.16. The topological polar surface area (TPSA) is 95.8 Å². The van der Waals surface area contributed by atoms with Crippen molar-refractivity contribution in [2.75, 3.05) is 7.11 Å². The van der Waals surface area contributed by atoms with Crippen molar-refractivity contribution in [3.8, 4) is 6.07 Å². The molecule has 0 unspecified atom stereocenters. The number of carbonyl (C=O) groups excluding carboxylic acids is 1. The van der Waals surface area contributed by atoms with Crippen LogP contribution in [0.4, 0.5) is 0 Å². The van der Waals surface area contributed by atoms with E-state index in [1.165, 1.54) is 7.11 Å².